The second-order valence-electron chi connectivity index (χ2n) is 18.1. The molecule has 59 heavy (non-hydrogen) atoms. The van der Waals surface area contributed by atoms with Crippen LogP contribution in [0.15, 0.2) is 11.3 Å². The third-order valence-corrected chi connectivity index (χ3v) is 12.7. The highest BCUT2D eigenvalue weighted by Crippen LogP contribution is 2.48. The third kappa shape index (κ3) is 10.6. The van der Waals surface area contributed by atoms with Crippen molar-refractivity contribution in [1.82, 2.24) is 4.90 Å². The van der Waals surface area contributed by atoms with Crippen LogP contribution >= 0.6 is 0 Å². The Bertz CT molecular complexity index is 1550. The first kappa shape index (κ1) is 48.8. The molecule has 16 heteroatoms. The van der Waals surface area contributed by atoms with Crippen molar-refractivity contribution < 1.29 is 71.7 Å². The fraction of sp³-hybridized carbons (Fsp3) is 0.860. The van der Waals surface area contributed by atoms with Crippen LogP contribution in [0.4, 0.5) is 0 Å². The maximum absolute atomic E-state index is 14.7. The van der Waals surface area contributed by atoms with Gasteiger partial charge in [0.1, 0.15) is 40.9 Å². The van der Waals surface area contributed by atoms with Gasteiger partial charge in [-0.05, 0) is 81.0 Å². The third-order valence-electron chi connectivity index (χ3n) is 12.7. The van der Waals surface area contributed by atoms with Gasteiger partial charge in [-0.25, -0.2) is 0 Å². The lowest BCUT2D eigenvalue weighted by Gasteiger charge is -2.49. The number of methoxy groups -OCH3 is 1. The molecule has 2 bridgehead atoms. The van der Waals surface area contributed by atoms with Gasteiger partial charge in [0, 0.05) is 46.6 Å². The molecule has 16 nitrogen and oxygen atoms in total. The van der Waals surface area contributed by atoms with Crippen molar-refractivity contribution in [1.29, 1.82) is 0 Å². The van der Waals surface area contributed by atoms with Crippen LogP contribution in [0, 0.1) is 17.8 Å². The Morgan fingerprint density at radius 2 is 1.56 bits per heavy atom. The molecule has 2 unspecified atom stereocenters. The molecular formula is C43H71NO15. The molecule has 4 aliphatic rings. The normalized spacial score (nSPS) is 40.8. The van der Waals surface area contributed by atoms with E-state index in [0.717, 1.165) is 5.57 Å². The summed E-state index contributed by atoms with van der Waals surface area (Å²) in [4.78, 5) is 53.6. The molecule has 0 saturated carbocycles. The Hall–Kier alpha value is -2.86. The fourth-order valence-electron chi connectivity index (χ4n) is 9.81. The average Bonchev–Trinajstić information content (AvgIpc) is 3.45. The topological polar surface area (TPSA) is 184 Å². The fourth-order valence-corrected chi connectivity index (χ4v) is 9.81. The molecule has 4 aliphatic heterocycles. The van der Waals surface area contributed by atoms with Gasteiger partial charge in [-0.15, -0.1) is 0 Å². The quantitative estimate of drug-likeness (QED) is 0.212. The molecule has 3 fully saturated rings. The maximum Gasteiger partial charge on any atom is 0.311 e. The molecule has 0 aromatic heterocycles. The number of nitrogens with zero attached hydrogens (tertiary/aromatic N) is 1. The summed E-state index contributed by atoms with van der Waals surface area (Å²) in [6.07, 6.45) is -7.39. The van der Waals surface area contributed by atoms with Crippen molar-refractivity contribution in [3.63, 3.8) is 0 Å². The molecule has 0 aromatic rings. The first-order valence-electron chi connectivity index (χ1n) is 21.0. The number of likely N-dealkylation sites (N-methyl/N-ethyl adjacent to an activating group) is 1. The van der Waals surface area contributed by atoms with Crippen molar-refractivity contribution in [3.05, 3.63) is 11.3 Å². The Morgan fingerprint density at radius 3 is 2.10 bits per heavy atom. The van der Waals surface area contributed by atoms with E-state index in [1.807, 2.05) is 53.6 Å². The SMILES string of the molecule is CC[C@@H](OC(C)=O)[C@@](C)(O)[C@@H]1OC(=O)[C@H](C)[C@@H](OC2C[C@@](C)(OC)[C@@H](OC(C)=O)[C@H](C)O2)[C@H](C)[C@@H](OC2O[C@H](C)C[C@H](N(C)C)[C@H]2OC(C)=O)[C@@]2(C)CC(C)=C(O2)[C@@H]1C. The van der Waals surface area contributed by atoms with E-state index in [4.69, 9.17) is 47.4 Å². The minimum atomic E-state index is -1.87. The van der Waals surface area contributed by atoms with Crippen LogP contribution in [0.1, 0.15) is 116 Å². The van der Waals surface area contributed by atoms with E-state index in [0.29, 0.717) is 18.6 Å². The van der Waals surface area contributed by atoms with Crippen LogP contribution in [-0.2, 0) is 66.5 Å². The van der Waals surface area contributed by atoms with Crippen LogP contribution in [-0.4, -0.2) is 139 Å². The monoisotopic (exact) mass is 841 g/mol. The van der Waals surface area contributed by atoms with Gasteiger partial charge in [-0.2, -0.15) is 0 Å². The van der Waals surface area contributed by atoms with Crippen molar-refractivity contribution >= 4 is 23.9 Å². The molecule has 1 N–H and O–H groups in total. The molecule has 17 atom stereocenters. The van der Waals surface area contributed by atoms with Gasteiger partial charge < -0.3 is 57.4 Å². The summed E-state index contributed by atoms with van der Waals surface area (Å²) in [6.45, 7) is 21.9. The van der Waals surface area contributed by atoms with Gasteiger partial charge >= 0.3 is 23.9 Å². The Kier molecular flexibility index (Phi) is 15.7. The standard InChI is InChI=1S/C43H71NO15/c1-17-31(53-27(8)45)43(13,49)37-23(4)33-21(2)19-42(12,59-33)36(58-40-35(54-28(9)46)30(44(14)15)18-22(3)51-40)24(5)34(25(6)39(48)57-37)56-32-20-41(11,50-16)38(26(7)52-32)55-29(10)47/h22-26,30-32,34-38,40,49H,17-20H2,1-16H3/t22-,23+,24+,25-,26+,30+,31-,32?,34+,35-,36-,37-,38+,40?,41-,42-,43-/m1/s1. The number of ether oxygens (including phenoxy) is 10. The summed E-state index contributed by atoms with van der Waals surface area (Å²) in [5.74, 6) is -4.19. The smallest absolute Gasteiger partial charge is 0.311 e. The van der Waals surface area contributed by atoms with Gasteiger partial charge in [0.15, 0.2) is 24.8 Å². The van der Waals surface area contributed by atoms with E-state index in [1.54, 1.807) is 27.7 Å². The minimum absolute atomic E-state index is 0.123. The van der Waals surface area contributed by atoms with Crippen LogP contribution in [0.3, 0.4) is 0 Å². The van der Waals surface area contributed by atoms with E-state index in [9.17, 15) is 24.3 Å². The van der Waals surface area contributed by atoms with E-state index >= 15 is 0 Å². The molecule has 4 heterocycles. The van der Waals surface area contributed by atoms with E-state index in [-0.39, 0.29) is 25.0 Å². The molecule has 0 aliphatic carbocycles. The van der Waals surface area contributed by atoms with Crippen LogP contribution in [0.2, 0.25) is 0 Å². The Labute approximate surface area is 350 Å². The van der Waals surface area contributed by atoms with Gasteiger partial charge in [0.05, 0.1) is 36.2 Å². The first-order chi connectivity index (χ1) is 27.3. The largest absolute Gasteiger partial charge is 0.488 e. The zero-order valence-electron chi connectivity index (χ0n) is 38.0. The molecular weight excluding hydrogens is 770 g/mol. The summed E-state index contributed by atoms with van der Waals surface area (Å²) in [5.41, 5.74) is -3.19. The molecule has 338 valence electrons. The molecule has 0 aromatic carbocycles. The number of carbonyl (C=O) groups is 4. The Balaban J connectivity index is 1.88. The van der Waals surface area contributed by atoms with Crippen LogP contribution in [0.5, 0.6) is 0 Å². The van der Waals surface area contributed by atoms with Crippen LogP contribution in [0.25, 0.3) is 0 Å². The zero-order valence-corrected chi connectivity index (χ0v) is 38.0. The van der Waals surface area contributed by atoms with Crippen molar-refractivity contribution in [2.75, 3.05) is 21.2 Å². The summed E-state index contributed by atoms with van der Waals surface area (Å²) in [7, 11) is 5.34. The van der Waals surface area contributed by atoms with Crippen molar-refractivity contribution in [2.45, 2.75) is 200 Å². The number of rotatable bonds is 12. The molecule has 0 spiro atoms. The zero-order chi connectivity index (χ0) is 44.5. The average molecular weight is 842 g/mol. The first-order valence-corrected chi connectivity index (χ1v) is 21.0. The maximum atomic E-state index is 14.7. The number of hydrogen-bond acceptors (Lipinski definition) is 16. The highest BCUT2D eigenvalue weighted by Gasteiger charge is 2.58. The van der Waals surface area contributed by atoms with E-state index in [1.165, 1.54) is 34.8 Å². The van der Waals surface area contributed by atoms with Crippen molar-refractivity contribution in [3.8, 4) is 0 Å². The van der Waals surface area contributed by atoms with E-state index in [2.05, 4.69) is 0 Å². The highest BCUT2D eigenvalue weighted by molar-refractivity contribution is 5.73. The Morgan fingerprint density at radius 1 is 0.932 bits per heavy atom. The summed E-state index contributed by atoms with van der Waals surface area (Å²) in [5, 5.41) is 12.3. The van der Waals surface area contributed by atoms with Gasteiger partial charge in [0.2, 0.25) is 0 Å². The second-order valence-corrected chi connectivity index (χ2v) is 18.1. The minimum Gasteiger partial charge on any atom is -0.488 e. The number of cyclic esters (lactones) is 1. The van der Waals surface area contributed by atoms with Crippen LogP contribution < -0.4 is 0 Å². The highest BCUT2D eigenvalue weighted by atomic mass is 16.7. The summed E-state index contributed by atoms with van der Waals surface area (Å²) >= 11 is 0. The lowest BCUT2D eigenvalue weighted by molar-refractivity contribution is -0.318. The molecule has 0 amide bonds. The van der Waals surface area contributed by atoms with Crippen molar-refractivity contribution in [2.24, 2.45) is 17.8 Å². The number of fused-ring (bicyclic) bond motifs is 2. The summed E-state index contributed by atoms with van der Waals surface area (Å²) < 4.78 is 63.3. The predicted octanol–water partition coefficient (Wildman–Crippen LogP) is 4.60. The number of hydrogen-bond donors (Lipinski definition) is 1. The molecule has 4 rings (SSSR count). The lowest BCUT2D eigenvalue weighted by atomic mass is 9.78. The second kappa shape index (κ2) is 19.0. The number of esters is 4. The molecule has 3 saturated heterocycles. The lowest BCUT2D eigenvalue weighted by Crippen LogP contribution is -2.61. The predicted molar refractivity (Wildman–Crippen MR) is 212 cm³/mol. The molecule has 0 radical (unpaired) electrons. The van der Waals surface area contributed by atoms with Gasteiger partial charge in [-0.3, -0.25) is 19.2 Å². The summed E-state index contributed by atoms with van der Waals surface area (Å²) in [6, 6.07) is -0.250. The van der Waals surface area contributed by atoms with Gasteiger partial charge in [0.25, 0.3) is 0 Å². The number of aliphatic hydroxyl groups is 1. The number of carbonyl (C=O) groups excluding carboxylic acids is 4. The van der Waals surface area contributed by atoms with Gasteiger partial charge in [-0.1, -0.05) is 20.8 Å². The van der Waals surface area contributed by atoms with E-state index < -0.39 is 114 Å².